The van der Waals surface area contributed by atoms with Gasteiger partial charge in [-0.15, -0.1) is 0 Å². The predicted molar refractivity (Wildman–Crippen MR) is 90.4 cm³/mol. The van der Waals surface area contributed by atoms with E-state index in [0.29, 0.717) is 43.3 Å². The molecule has 0 radical (unpaired) electrons. The molecule has 1 fully saturated rings. The van der Waals surface area contributed by atoms with Gasteiger partial charge in [0.05, 0.1) is 6.26 Å². The number of hydrogen-bond donors (Lipinski definition) is 2. The van der Waals surface area contributed by atoms with Gasteiger partial charge in [0.15, 0.2) is 5.76 Å². The number of carbonyl (C=O) groups excluding carboxylic acids is 2. The van der Waals surface area contributed by atoms with Crippen molar-refractivity contribution in [1.82, 2.24) is 25.4 Å². The average Bonchev–Trinajstić information content (AvgIpc) is 3.29. The summed E-state index contributed by atoms with van der Waals surface area (Å²) in [5, 5.41) is 9.85. The number of H-pyrrole nitrogens is 1. The number of rotatable bonds is 7. The Bertz CT molecular complexity index is 722. The van der Waals surface area contributed by atoms with Gasteiger partial charge in [-0.3, -0.25) is 14.7 Å². The van der Waals surface area contributed by atoms with E-state index < -0.39 is 6.04 Å². The third kappa shape index (κ3) is 3.89. The van der Waals surface area contributed by atoms with E-state index in [-0.39, 0.29) is 17.7 Å². The lowest BCUT2D eigenvalue weighted by Gasteiger charge is -2.29. The Hall–Kier alpha value is -2.64. The molecule has 1 saturated heterocycles. The number of aromatic nitrogens is 3. The molecule has 0 aromatic carbocycles. The van der Waals surface area contributed by atoms with Crippen molar-refractivity contribution in [3.05, 3.63) is 24.2 Å². The van der Waals surface area contributed by atoms with Crippen molar-refractivity contribution in [1.29, 1.82) is 0 Å². The minimum Gasteiger partial charge on any atom is -0.461 e. The fourth-order valence-corrected chi connectivity index (χ4v) is 3.10. The van der Waals surface area contributed by atoms with Crippen LogP contribution in [0.4, 0.5) is 0 Å². The number of likely N-dealkylation sites (tertiary alicyclic amines) is 1. The predicted octanol–water partition coefficient (Wildman–Crippen LogP) is 1.37. The fourth-order valence-electron chi connectivity index (χ4n) is 3.10. The first-order valence-corrected chi connectivity index (χ1v) is 8.58. The van der Waals surface area contributed by atoms with Gasteiger partial charge in [-0.25, -0.2) is 4.98 Å². The maximum absolute atomic E-state index is 12.5. The monoisotopic (exact) mass is 345 g/mol. The molecule has 1 unspecified atom stereocenters. The molecule has 0 bridgehead atoms. The van der Waals surface area contributed by atoms with E-state index >= 15 is 0 Å². The third-order valence-corrected chi connectivity index (χ3v) is 4.28. The van der Waals surface area contributed by atoms with Crippen LogP contribution in [0, 0.1) is 5.92 Å². The highest BCUT2D eigenvalue weighted by Crippen LogP contribution is 2.19. The Morgan fingerprint density at radius 3 is 2.96 bits per heavy atom. The van der Waals surface area contributed by atoms with Crippen LogP contribution in [0.2, 0.25) is 0 Å². The molecule has 1 aliphatic heterocycles. The summed E-state index contributed by atoms with van der Waals surface area (Å²) in [6.45, 7) is 5.00. The van der Waals surface area contributed by atoms with E-state index in [1.807, 2.05) is 13.8 Å². The molecule has 2 aromatic rings. The molecule has 1 aliphatic rings. The summed E-state index contributed by atoms with van der Waals surface area (Å²) in [6.07, 6.45) is 3.45. The number of nitrogens with one attached hydrogen (secondary N) is 2. The second-order valence-electron chi connectivity index (χ2n) is 6.50. The van der Waals surface area contributed by atoms with Crippen LogP contribution in [0.15, 0.2) is 22.8 Å². The molecular formula is C17H23N5O3. The van der Waals surface area contributed by atoms with E-state index in [2.05, 4.69) is 20.5 Å². The van der Waals surface area contributed by atoms with Gasteiger partial charge >= 0.3 is 0 Å². The molecule has 3 rings (SSSR count). The molecule has 0 saturated carbocycles. The van der Waals surface area contributed by atoms with Gasteiger partial charge in [0.2, 0.25) is 17.6 Å². The smallest absolute Gasteiger partial charge is 0.243 e. The molecule has 2 aromatic heterocycles. The first-order valence-electron chi connectivity index (χ1n) is 8.58. The Balaban J connectivity index is 1.54. The summed E-state index contributed by atoms with van der Waals surface area (Å²) in [5.41, 5.74) is 0. The van der Waals surface area contributed by atoms with E-state index in [1.165, 1.54) is 0 Å². The standard InChI is InChI=1S/C17H23N5O3/c1-11(2)15(22-9-3-6-14(22)23)17(24)18-8-7-13-19-16(21-20-13)12-5-4-10-25-12/h4-5,10-11,15H,3,6-9H2,1-2H3,(H,18,24)(H,19,20,21). The molecular weight excluding hydrogens is 322 g/mol. The summed E-state index contributed by atoms with van der Waals surface area (Å²) in [7, 11) is 0. The number of aromatic amines is 1. The molecule has 8 nitrogen and oxygen atoms in total. The van der Waals surface area contributed by atoms with Crippen LogP contribution < -0.4 is 5.32 Å². The van der Waals surface area contributed by atoms with Gasteiger partial charge in [0.25, 0.3) is 0 Å². The molecule has 2 N–H and O–H groups in total. The highest BCUT2D eigenvalue weighted by Gasteiger charge is 2.34. The molecule has 3 heterocycles. The van der Waals surface area contributed by atoms with Crippen LogP contribution in [0.25, 0.3) is 11.6 Å². The summed E-state index contributed by atoms with van der Waals surface area (Å²) in [6, 6.07) is 3.15. The number of nitrogens with zero attached hydrogens (tertiary/aromatic N) is 3. The summed E-state index contributed by atoms with van der Waals surface area (Å²) >= 11 is 0. The second kappa shape index (κ2) is 7.50. The molecule has 0 aliphatic carbocycles. The Labute approximate surface area is 146 Å². The Morgan fingerprint density at radius 2 is 2.32 bits per heavy atom. The van der Waals surface area contributed by atoms with Crippen LogP contribution in [0.1, 0.15) is 32.5 Å². The first kappa shape index (κ1) is 17.2. The van der Waals surface area contributed by atoms with Crippen LogP contribution in [-0.2, 0) is 16.0 Å². The number of carbonyl (C=O) groups is 2. The third-order valence-electron chi connectivity index (χ3n) is 4.28. The quantitative estimate of drug-likeness (QED) is 0.789. The SMILES string of the molecule is CC(C)C(C(=O)NCCc1nc(-c2ccco2)n[nH]1)N1CCCC1=O. The maximum Gasteiger partial charge on any atom is 0.243 e. The van der Waals surface area contributed by atoms with Crippen molar-refractivity contribution < 1.29 is 14.0 Å². The van der Waals surface area contributed by atoms with Crippen molar-refractivity contribution in [2.24, 2.45) is 5.92 Å². The number of hydrogen-bond acceptors (Lipinski definition) is 5. The lowest BCUT2D eigenvalue weighted by atomic mass is 10.0. The van der Waals surface area contributed by atoms with Crippen LogP contribution in [0.3, 0.4) is 0 Å². The van der Waals surface area contributed by atoms with Crippen molar-refractivity contribution in [2.75, 3.05) is 13.1 Å². The Kier molecular flexibility index (Phi) is 5.16. The number of amides is 2. The van der Waals surface area contributed by atoms with Gasteiger partial charge in [-0.2, -0.15) is 5.10 Å². The van der Waals surface area contributed by atoms with E-state index in [1.54, 1.807) is 23.3 Å². The van der Waals surface area contributed by atoms with E-state index in [0.717, 1.165) is 6.42 Å². The van der Waals surface area contributed by atoms with E-state index in [9.17, 15) is 9.59 Å². The van der Waals surface area contributed by atoms with E-state index in [4.69, 9.17) is 4.42 Å². The highest BCUT2D eigenvalue weighted by atomic mass is 16.3. The zero-order valence-electron chi connectivity index (χ0n) is 14.5. The second-order valence-corrected chi connectivity index (χ2v) is 6.50. The molecule has 2 amide bonds. The maximum atomic E-state index is 12.5. The first-order chi connectivity index (χ1) is 12.1. The minimum absolute atomic E-state index is 0.0622. The molecule has 25 heavy (non-hydrogen) atoms. The topological polar surface area (TPSA) is 104 Å². The van der Waals surface area contributed by atoms with Crippen molar-refractivity contribution in [3.8, 4) is 11.6 Å². The summed E-state index contributed by atoms with van der Waals surface area (Å²) in [4.78, 5) is 30.5. The Morgan fingerprint density at radius 1 is 1.48 bits per heavy atom. The normalized spacial score (nSPS) is 15.8. The van der Waals surface area contributed by atoms with Gasteiger partial charge < -0.3 is 14.6 Å². The fraction of sp³-hybridized carbons (Fsp3) is 0.529. The molecule has 1 atom stereocenters. The minimum atomic E-state index is -0.414. The molecule has 134 valence electrons. The summed E-state index contributed by atoms with van der Waals surface area (Å²) in [5.74, 6) is 1.78. The van der Waals surface area contributed by atoms with Gasteiger partial charge in [0.1, 0.15) is 11.9 Å². The van der Waals surface area contributed by atoms with Crippen molar-refractivity contribution in [2.45, 2.75) is 39.2 Å². The van der Waals surface area contributed by atoms with Crippen LogP contribution >= 0.6 is 0 Å². The summed E-state index contributed by atoms with van der Waals surface area (Å²) < 4.78 is 5.25. The van der Waals surface area contributed by atoms with Gasteiger partial charge in [-0.05, 0) is 24.5 Å². The lowest BCUT2D eigenvalue weighted by Crippen LogP contribution is -2.50. The largest absolute Gasteiger partial charge is 0.461 e. The highest BCUT2D eigenvalue weighted by molar-refractivity contribution is 5.88. The lowest BCUT2D eigenvalue weighted by molar-refractivity contribution is -0.139. The van der Waals surface area contributed by atoms with Gasteiger partial charge in [-0.1, -0.05) is 13.8 Å². The molecule has 8 heteroatoms. The average molecular weight is 345 g/mol. The van der Waals surface area contributed by atoms with Gasteiger partial charge in [0, 0.05) is 25.9 Å². The molecule has 0 spiro atoms. The van der Waals surface area contributed by atoms with Crippen LogP contribution in [-0.4, -0.2) is 51.0 Å². The number of furan rings is 1. The zero-order chi connectivity index (χ0) is 17.8. The van der Waals surface area contributed by atoms with Crippen LogP contribution in [0.5, 0.6) is 0 Å². The zero-order valence-corrected chi connectivity index (χ0v) is 14.5. The van der Waals surface area contributed by atoms with Crippen molar-refractivity contribution in [3.63, 3.8) is 0 Å². The van der Waals surface area contributed by atoms with Crippen molar-refractivity contribution >= 4 is 11.8 Å².